The Bertz CT molecular complexity index is 3800. The number of rotatable bonds is 6. The first-order chi connectivity index (χ1) is 31.3. The lowest BCUT2D eigenvalue weighted by Crippen LogP contribution is -2.02. The maximum atomic E-state index is 6.76. The minimum Gasteiger partial charge on any atom is -0.455 e. The van der Waals surface area contributed by atoms with Gasteiger partial charge in [-0.15, -0.1) is 0 Å². The Morgan fingerprint density at radius 3 is 1.60 bits per heavy atom. The van der Waals surface area contributed by atoms with Gasteiger partial charge in [0.05, 0.1) is 50.2 Å². The second-order valence-corrected chi connectivity index (χ2v) is 16.1. The molecule has 9 aromatic carbocycles. The summed E-state index contributed by atoms with van der Waals surface area (Å²) in [5, 5.41) is 6.89. The molecule has 4 heterocycles. The van der Waals surface area contributed by atoms with Crippen molar-refractivity contribution in [2.45, 2.75) is 0 Å². The van der Waals surface area contributed by atoms with Crippen LogP contribution in [0, 0.1) is 0 Å². The van der Waals surface area contributed by atoms with Crippen molar-refractivity contribution in [3.8, 4) is 56.4 Å². The highest BCUT2D eigenvalue weighted by Gasteiger charge is 2.23. The lowest BCUT2D eigenvalue weighted by molar-refractivity contribution is 0.673. The number of fused-ring (bicyclic) bond motifs is 10. The van der Waals surface area contributed by atoms with Gasteiger partial charge in [0.15, 0.2) is 5.82 Å². The predicted molar refractivity (Wildman–Crippen MR) is 260 cm³/mol. The fraction of sp³-hybridized carbons (Fsp3) is 0. The van der Waals surface area contributed by atoms with Crippen LogP contribution in [0.3, 0.4) is 0 Å². The smallest absolute Gasteiger partial charge is 0.160 e. The van der Waals surface area contributed by atoms with Gasteiger partial charge >= 0.3 is 0 Å². The molecule has 0 aliphatic rings. The lowest BCUT2D eigenvalue weighted by atomic mass is 9.97. The van der Waals surface area contributed by atoms with Gasteiger partial charge in [-0.1, -0.05) is 164 Å². The maximum Gasteiger partial charge on any atom is 0.160 e. The molecular weight excluding hydrogens is 769 g/mol. The third kappa shape index (κ3) is 5.50. The van der Waals surface area contributed by atoms with E-state index in [1.54, 1.807) is 0 Å². The molecule has 294 valence electrons. The van der Waals surface area contributed by atoms with Crippen LogP contribution >= 0.6 is 0 Å². The SMILES string of the molecule is c1ccc(-c2cc(-c3ccc(-c4ccccc4-n4c5ccccc5c5ccccc54)c(-n4c5ccccc5c5c6oc7ccccc7c6ccc54)c3)nc(-c3ccccc3)n2)cc1. The number of benzene rings is 9. The minimum atomic E-state index is 0.679. The summed E-state index contributed by atoms with van der Waals surface area (Å²) < 4.78 is 11.6. The molecule has 0 saturated heterocycles. The summed E-state index contributed by atoms with van der Waals surface area (Å²) in [6.45, 7) is 0. The molecule has 0 atom stereocenters. The lowest BCUT2D eigenvalue weighted by Gasteiger charge is -2.20. The molecule has 0 fully saturated rings. The second-order valence-electron chi connectivity index (χ2n) is 16.1. The molecule has 63 heavy (non-hydrogen) atoms. The summed E-state index contributed by atoms with van der Waals surface area (Å²) in [7, 11) is 0. The van der Waals surface area contributed by atoms with E-state index in [9.17, 15) is 0 Å². The van der Waals surface area contributed by atoms with Crippen LogP contribution in [0.4, 0.5) is 0 Å². The molecule has 0 spiro atoms. The molecular formula is C58H36N4O. The van der Waals surface area contributed by atoms with E-state index in [0.717, 1.165) is 105 Å². The zero-order valence-corrected chi connectivity index (χ0v) is 34.0. The number of hydrogen-bond acceptors (Lipinski definition) is 3. The van der Waals surface area contributed by atoms with Gasteiger partial charge in [-0.2, -0.15) is 0 Å². The highest BCUT2D eigenvalue weighted by molar-refractivity contribution is 6.24. The van der Waals surface area contributed by atoms with Gasteiger partial charge in [-0.25, -0.2) is 9.97 Å². The van der Waals surface area contributed by atoms with E-state index < -0.39 is 0 Å². The highest BCUT2D eigenvalue weighted by Crippen LogP contribution is 2.45. The largest absolute Gasteiger partial charge is 0.455 e. The molecule has 0 amide bonds. The molecule has 4 aromatic heterocycles. The standard InChI is InChI=1S/C58H36N4O/c1-3-17-37(18-4-1)47-36-48(60-58(59-47)38-19-5-2-6-20-38)39-31-32-43(42-23-9-14-28-51(42)61-49-26-12-7-21-40(49)41-22-8-13-27-50(41)61)54(35-39)62-52-29-15-10-25-46(52)56-53(62)34-33-45-44-24-11-16-30-55(44)63-57(45)56/h1-36H. The molecule has 13 aromatic rings. The van der Waals surface area contributed by atoms with Crippen molar-refractivity contribution < 1.29 is 4.42 Å². The van der Waals surface area contributed by atoms with Crippen LogP contribution in [0.15, 0.2) is 223 Å². The minimum absolute atomic E-state index is 0.679. The van der Waals surface area contributed by atoms with E-state index in [0.29, 0.717) is 5.82 Å². The average molecular weight is 805 g/mol. The van der Waals surface area contributed by atoms with Gasteiger partial charge in [-0.05, 0) is 54.6 Å². The van der Waals surface area contributed by atoms with Crippen molar-refractivity contribution in [2.24, 2.45) is 0 Å². The first-order valence-electron chi connectivity index (χ1n) is 21.3. The fourth-order valence-corrected chi connectivity index (χ4v) is 9.74. The van der Waals surface area contributed by atoms with Crippen molar-refractivity contribution in [1.82, 2.24) is 19.1 Å². The Morgan fingerprint density at radius 1 is 0.333 bits per heavy atom. The molecule has 0 saturated carbocycles. The van der Waals surface area contributed by atoms with E-state index in [4.69, 9.17) is 14.4 Å². The normalized spacial score (nSPS) is 11.8. The van der Waals surface area contributed by atoms with Crippen molar-refractivity contribution in [3.05, 3.63) is 218 Å². The van der Waals surface area contributed by atoms with Crippen LogP contribution in [-0.4, -0.2) is 19.1 Å². The number of furan rings is 1. The second kappa shape index (κ2) is 14.0. The third-order valence-corrected chi connectivity index (χ3v) is 12.6. The third-order valence-electron chi connectivity index (χ3n) is 12.6. The number of para-hydroxylation sites is 5. The van der Waals surface area contributed by atoms with Crippen LogP contribution in [0.25, 0.3) is 122 Å². The van der Waals surface area contributed by atoms with Gasteiger partial charge in [0.1, 0.15) is 11.2 Å². The summed E-state index contributed by atoms with van der Waals surface area (Å²) in [6, 6.07) is 77.3. The molecule has 0 bridgehead atoms. The first kappa shape index (κ1) is 35.2. The first-order valence-corrected chi connectivity index (χ1v) is 21.3. The number of hydrogen-bond donors (Lipinski definition) is 0. The van der Waals surface area contributed by atoms with Crippen LogP contribution in [-0.2, 0) is 0 Å². The van der Waals surface area contributed by atoms with Crippen LogP contribution < -0.4 is 0 Å². The topological polar surface area (TPSA) is 48.8 Å². The van der Waals surface area contributed by atoms with Crippen molar-refractivity contribution in [3.63, 3.8) is 0 Å². The van der Waals surface area contributed by atoms with E-state index in [1.807, 2.05) is 30.3 Å². The Labute approximate surface area is 362 Å². The number of nitrogens with zero attached hydrogens (tertiary/aromatic N) is 4. The van der Waals surface area contributed by atoms with Crippen molar-refractivity contribution >= 4 is 65.6 Å². The molecule has 0 N–H and O–H groups in total. The molecule has 5 heteroatoms. The van der Waals surface area contributed by atoms with Gasteiger partial charge < -0.3 is 13.6 Å². The summed E-state index contributed by atoms with van der Waals surface area (Å²) in [4.78, 5) is 10.4. The van der Waals surface area contributed by atoms with Crippen LogP contribution in [0.2, 0.25) is 0 Å². The Hall–Kier alpha value is -8.54. The average Bonchev–Trinajstić information content (AvgIpc) is 4.02. The predicted octanol–water partition coefficient (Wildman–Crippen LogP) is 15.2. The summed E-state index contributed by atoms with van der Waals surface area (Å²) >= 11 is 0. The highest BCUT2D eigenvalue weighted by atomic mass is 16.3. The fourth-order valence-electron chi connectivity index (χ4n) is 9.74. The molecule has 13 rings (SSSR count). The van der Waals surface area contributed by atoms with Gasteiger partial charge in [-0.3, -0.25) is 0 Å². The molecule has 0 aliphatic heterocycles. The molecule has 5 nitrogen and oxygen atoms in total. The van der Waals surface area contributed by atoms with Gasteiger partial charge in [0, 0.05) is 54.7 Å². The quantitative estimate of drug-likeness (QED) is 0.168. The maximum absolute atomic E-state index is 6.76. The van der Waals surface area contributed by atoms with Crippen molar-refractivity contribution in [2.75, 3.05) is 0 Å². The monoisotopic (exact) mass is 804 g/mol. The Kier molecular flexibility index (Phi) is 7.84. The van der Waals surface area contributed by atoms with E-state index in [1.165, 1.54) is 10.8 Å². The van der Waals surface area contributed by atoms with Crippen LogP contribution in [0.1, 0.15) is 0 Å². The molecule has 0 aliphatic carbocycles. The zero-order valence-electron chi connectivity index (χ0n) is 34.0. The van der Waals surface area contributed by atoms with E-state index in [2.05, 4.69) is 197 Å². The summed E-state index contributed by atoms with van der Waals surface area (Å²) in [6.07, 6.45) is 0. The number of aromatic nitrogens is 4. The van der Waals surface area contributed by atoms with Gasteiger partial charge in [0.25, 0.3) is 0 Å². The van der Waals surface area contributed by atoms with Crippen molar-refractivity contribution in [1.29, 1.82) is 0 Å². The Morgan fingerprint density at radius 2 is 0.873 bits per heavy atom. The molecule has 0 radical (unpaired) electrons. The van der Waals surface area contributed by atoms with Gasteiger partial charge in [0.2, 0.25) is 0 Å². The summed E-state index contributed by atoms with van der Waals surface area (Å²) in [5.41, 5.74) is 15.3. The summed E-state index contributed by atoms with van der Waals surface area (Å²) in [5.74, 6) is 0.679. The Balaban J connectivity index is 1.13. The zero-order chi connectivity index (χ0) is 41.4. The molecule has 0 unspecified atom stereocenters. The van der Waals surface area contributed by atoms with Crippen LogP contribution in [0.5, 0.6) is 0 Å². The van der Waals surface area contributed by atoms with E-state index >= 15 is 0 Å². The van der Waals surface area contributed by atoms with E-state index in [-0.39, 0.29) is 0 Å².